The lowest BCUT2D eigenvalue weighted by atomic mass is 9.98. The Hall–Kier alpha value is -2.95. The van der Waals surface area contributed by atoms with Gasteiger partial charge in [-0.25, -0.2) is 13.2 Å². The number of sulfonamides is 1. The van der Waals surface area contributed by atoms with E-state index in [0.717, 1.165) is 23.8 Å². The standard InChI is InChI=1S/C19H19F3N2O5S/c1-28-18(25)24-9-8-14(12-24)13-4-2-5-15(10-13)23-30(26,27)17-7-3-6-16(11-17)29-19(20,21)22/h2-7,10-11,14,23H,8-9,12H2,1H3. The summed E-state index contributed by atoms with van der Waals surface area (Å²) in [4.78, 5) is 12.8. The van der Waals surface area contributed by atoms with E-state index in [1.54, 1.807) is 17.0 Å². The maximum Gasteiger partial charge on any atom is 0.573 e. The zero-order chi connectivity index (χ0) is 21.9. The molecule has 7 nitrogen and oxygen atoms in total. The van der Waals surface area contributed by atoms with Crippen LogP contribution >= 0.6 is 0 Å². The minimum atomic E-state index is -4.93. The first-order valence-electron chi connectivity index (χ1n) is 8.89. The van der Waals surface area contributed by atoms with Gasteiger partial charge >= 0.3 is 12.5 Å². The summed E-state index contributed by atoms with van der Waals surface area (Å²) >= 11 is 0. The highest BCUT2D eigenvalue weighted by Crippen LogP contribution is 2.30. The monoisotopic (exact) mass is 444 g/mol. The zero-order valence-corrected chi connectivity index (χ0v) is 16.7. The fourth-order valence-corrected chi connectivity index (χ4v) is 4.32. The van der Waals surface area contributed by atoms with Crippen LogP contribution < -0.4 is 9.46 Å². The van der Waals surface area contributed by atoms with Crippen molar-refractivity contribution in [3.63, 3.8) is 0 Å². The minimum Gasteiger partial charge on any atom is -0.453 e. The first-order chi connectivity index (χ1) is 14.1. The van der Waals surface area contributed by atoms with Gasteiger partial charge in [-0.1, -0.05) is 18.2 Å². The summed E-state index contributed by atoms with van der Waals surface area (Å²) in [5, 5.41) is 0. The van der Waals surface area contributed by atoms with Gasteiger partial charge in [-0.3, -0.25) is 4.72 Å². The zero-order valence-electron chi connectivity index (χ0n) is 15.8. The molecule has 1 unspecified atom stereocenters. The van der Waals surface area contributed by atoms with E-state index < -0.39 is 28.2 Å². The van der Waals surface area contributed by atoms with E-state index in [0.29, 0.717) is 19.5 Å². The summed E-state index contributed by atoms with van der Waals surface area (Å²) in [5.74, 6) is -0.620. The molecule has 1 saturated heterocycles. The molecule has 1 aliphatic rings. The van der Waals surface area contributed by atoms with Gasteiger partial charge in [0.15, 0.2) is 0 Å². The van der Waals surface area contributed by atoms with Gasteiger partial charge in [0.05, 0.1) is 12.0 Å². The molecule has 1 fully saturated rings. The first-order valence-corrected chi connectivity index (χ1v) is 10.4. The number of carbonyl (C=O) groups is 1. The number of carbonyl (C=O) groups excluding carboxylic acids is 1. The molecular weight excluding hydrogens is 425 g/mol. The second-order valence-electron chi connectivity index (χ2n) is 6.66. The van der Waals surface area contributed by atoms with E-state index in [2.05, 4.69) is 9.46 Å². The predicted octanol–water partition coefficient (Wildman–Crippen LogP) is 3.94. The van der Waals surface area contributed by atoms with E-state index in [4.69, 9.17) is 4.74 Å². The van der Waals surface area contributed by atoms with Crippen LogP contribution in [-0.2, 0) is 14.8 Å². The minimum absolute atomic E-state index is 0.0112. The number of alkyl halides is 3. The number of benzene rings is 2. The van der Waals surface area contributed by atoms with Gasteiger partial charge in [0.1, 0.15) is 5.75 Å². The van der Waals surface area contributed by atoms with E-state index in [-0.39, 0.29) is 16.5 Å². The number of halogens is 3. The third-order valence-electron chi connectivity index (χ3n) is 4.58. The predicted molar refractivity (Wildman–Crippen MR) is 102 cm³/mol. The third-order valence-corrected chi connectivity index (χ3v) is 5.96. The maximum atomic E-state index is 12.6. The molecule has 0 radical (unpaired) electrons. The normalized spacial score (nSPS) is 16.9. The Morgan fingerprint density at radius 2 is 1.90 bits per heavy atom. The molecule has 1 aliphatic heterocycles. The van der Waals surface area contributed by atoms with Crippen LogP contribution in [-0.4, -0.2) is 46.0 Å². The summed E-state index contributed by atoms with van der Waals surface area (Å²) in [6, 6.07) is 10.8. The Bertz CT molecular complexity index is 1030. The molecule has 162 valence electrons. The number of rotatable bonds is 5. The van der Waals surface area contributed by atoms with Crippen molar-refractivity contribution in [1.82, 2.24) is 4.90 Å². The molecule has 1 amide bonds. The molecule has 11 heteroatoms. The number of methoxy groups -OCH3 is 1. The van der Waals surface area contributed by atoms with Crippen LogP contribution in [0.15, 0.2) is 53.4 Å². The molecule has 30 heavy (non-hydrogen) atoms. The Morgan fingerprint density at radius 1 is 1.17 bits per heavy atom. The number of amides is 1. The lowest BCUT2D eigenvalue weighted by molar-refractivity contribution is -0.274. The van der Waals surface area contributed by atoms with E-state index in [1.165, 1.54) is 19.2 Å². The quantitative estimate of drug-likeness (QED) is 0.755. The van der Waals surface area contributed by atoms with Gasteiger partial charge in [-0.15, -0.1) is 13.2 Å². The summed E-state index contributed by atoms with van der Waals surface area (Å²) in [6.45, 7) is 0.971. The summed E-state index contributed by atoms with van der Waals surface area (Å²) in [7, 11) is -2.84. The van der Waals surface area contributed by atoms with Crippen LogP contribution in [0, 0.1) is 0 Å². The fourth-order valence-electron chi connectivity index (χ4n) is 3.24. The average Bonchev–Trinajstić information content (AvgIpc) is 3.16. The molecule has 1 N–H and O–H groups in total. The molecule has 0 aliphatic carbocycles. The number of hydrogen-bond acceptors (Lipinski definition) is 5. The Morgan fingerprint density at radius 3 is 2.60 bits per heavy atom. The molecular formula is C19H19F3N2O5S. The number of ether oxygens (including phenoxy) is 2. The van der Waals surface area contributed by atoms with Crippen LogP contribution in [0.5, 0.6) is 5.75 Å². The molecule has 3 rings (SSSR count). The second kappa shape index (κ2) is 8.42. The first kappa shape index (κ1) is 21.8. The Labute approximate surface area is 171 Å². The number of anilines is 1. The maximum absolute atomic E-state index is 12.6. The molecule has 1 atom stereocenters. The van der Waals surface area contributed by atoms with Gasteiger partial charge in [-0.2, -0.15) is 0 Å². The molecule has 1 heterocycles. The smallest absolute Gasteiger partial charge is 0.453 e. The van der Waals surface area contributed by atoms with E-state index in [9.17, 15) is 26.4 Å². The second-order valence-corrected chi connectivity index (χ2v) is 8.34. The number of hydrogen-bond donors (Lipinski definition) is 1. The van der Waals surface area contributed by atoms with Crippen LogP contribution in [0.2, 0.25) is 0 Å². The van der Waals surface area contributed by atoms with Crippen LogP contribution in [0.4, 0.5) is 23.7 Å². The van der Waals surface area contributed by atoms with Crippen molar-refractivity contribution in [2.24, 2.45) is 0 Å². The number of nitrogens with one attached hydrogen (secondary N) is 1. The summed E-state index contributed by atoms with van der Waals surface area (Å²) in [5.41, 5.74) is 1.09. The number of likely N-dealkylation sites (tertiary alicyclic amines) is 1. The van der Waals surface area contributed by atoms with Crippen molar-refractivity contribution in [1.29, 1.82) is 0 Å². The Balaban J connectivity index is 1.76. The van der Waals surface area contributed by atoms with Crippen molar-refractivity contribution < 1.29 is 35.9 Å². The van der Waals surface area contributed by atoms with Crippen molar-refractivity contribution >= 4 is 21.8 Å². The molecule has 0 aromatic heterocycles. The van der Waals surface area contributed by atoms with Crippen molar-refractivity contribution in [2.45, 2.75) is 23.6 Å². The van der Waals surface area contributed by atoms with Crippen LogP contribution in [0.1, 0.15) is 17.9 Å². The molecule has 0 bridgehead atoms. The van der Waals surface area contributed by atoms with Gasteiger partial charge in [0.25, 0.3) is 10.0 Å². The highest BCUT2D eigenvalue weighted by molar-refractivity contribution is 7.92. The van der Waals surface area contributed by atoms with Gasteiger partial charge < -0.3 is 14.4 Å². The molecule has 0 spiro atoms. The van der Waals surface area contributed by atoms with Crippen molar-refractivity contribution in [3.05, 3.63) is 54.1 Å². The lowest BCUT2D eigenvalue weighted by Crippen LogP contribution is -2.28. The number of nitrogens with zero attached hydrogens (tertiary/aromatic N) is 1. The van der Waals surface area contributed by atoms with Crippen LogP contribution in [0.25, 0.3) is 0 Å². The largest absolute Gasteiger partial charge is 0.573 e. The Kier molecular flexibility index (Phi) is 6.11. The van der Waals surface area contributed by atoms with Crippen molar-refractivity contribution in [3.8, 4) is 5.75 Å². The summed E-state index contributed by atoms with van der Waals surface area (Å²) < 4.78 is 73.3. The average molecular weight is 444 g/mol. The van der Waals surface area contributed by atoms with Crippen molar-refractivity contribution in [2.75, 3.05) is 24.9 Å². The van der Waals surface area contributed by atoms with Gasteiger partial charge in [0.2, 0.25) is 0 Å². The topological polar surface area (TPSA) is 84.9 Å². The molecule has 2 aromatic rings. The van der Waals surface area contributed by atoms with Gasteiger partial charge in [0, 0.05) is 30.8 Å². The molecule has 2 aromatic carbocycles. The van der Waals surface area contributed by atoms with E-state index in [1.807, 2.05) is 6.07 Å². The summed E-state index contributed by atoms with van der Waals surface area (Å²) in [6.07, 6.45) is -4.65. The molecule has 0 saturated carbocycles. The SMILES string of the molecule is COC(=O)N1CCC(c2cccc(NS(=O)(=O)c3cccc(OC(F)(F)F)c3)c2)C1. The lowest BCUT2D eigenvalue weighted by Gasteiger charge is -2.16. The highest BCUT2D eigenvalue weighted by Gasteiger charge is 2.32. The third kappa shape index (κ3) is 5.35. The fraction of sp³-hybridized carbons (Fsp3) is 0.316. The highest BCUT2D eigenvalue weighted by atomic mass is 32.2. The van der Waals surface area contributed by atoms with Crippen LogP contribution in [0.3, 0.4) is 0 Å². The van der Waals surface area contributed by atoms with E-state index >= 15 is 0 Å². The van der Waals surface area contributed by atoms with Gasteiger partial charge in [-0.05, 0) is 36.2 Å².